The van der Waals surface area contributed by atoms with E-state index < -0.39 is 31.2 Å². The fourth-order valence-electron chi connectivity index (χ4n) is 1.21. The van der Waals surface area contributed by atoms with Gasteiger partial charge in [0.15, 0.2) is 6.61 Å². The summed E-state index contributed by atoms with van der Waals surface area (Å²) in [5.41, 5.74) is -0.206. The summed E-state index contributed by atoms with van der Waals surface area (Å²) in [6, 6.07) is 4.18. The van der Waals surface area contributed by atoms with Crippen LogP contribution in [-0.4, -0.2) is 36.3 Å². The van der Waals surface area contributed by atoms with E-state index in [2.05, 4.69) is 15.9 Å². The number of amides is 1. The molecule has 0 atom stereocenters. The second kappa shape index (κ2) is 6.60. The van der Waals surface area contributed by atoms with Gasteiger partial charge in [-0.3, -0.25) is 4.79 Å². The molecule has 1 rings (SSSR count). The van der Waals surface area contributed by atoms with Gasteiger partial charge in [0.1, 0.15) is 17.9 Å². The summed E-state index contributed by atoms with van der Waals surface area (Å²) in [6.07, 6.45) is -4.52. The Hall–Kier alpha value is -1.77. The third kappa shape index (κ3) is 5.08. The van der Waals surface area contributed by atoms with Crippen molar-refractivity contribution < 1.29 is 32.6 Å². The molecule has 0 unspecified atom stereocenters. The molecule has 0 fully saturated rings. The Balaban J connectivity index is 2.66. The predicted molar refractivity (Wildman–Crippen MR) is 65.7 cm³/mol. The summed E-state index contributed by atoms with van der Waals surface area (Å²) in [7, 11) is 0. The van der Waals surface area contributed by atoms with Gasteiger partial charge >= 0.3 is 12.1 Å². The van der Waals surface area contributed by atoms with Crippen LogP contribution in [0.3, 0.4) is 0 Å². The van der Waals surface area contributed by atoms with E-state index in [-0.39, 0.29) is 15.8 Å². The Morgan fingerprint density at radius 1 is 1.35 bits per heavy atom. The van der Waals surface area contributed by atoms with Crippen LogP contribution in [0, 0.1) is 0 Å². The van der Waals surface area contributed by atoms with Crippen molar-refractivity contribution in [2.45, 2.75) is 6.18 Å². The van der Waals surface area contributed by atoms with Crippen molar-refractivity contribution in [3.8, 4) is 5.75 Å². The minimum absolute atomic E-state index is 0.123. The third-order valence-corrected chi connectivity index (χ3v) is 2.66. The van der Waals surface area contributed by atoms with Gasteiger partial charge in [-0.1, -0.05) is 6.07 Å². The first-order valence-corrected chi connectivity index (χ1v) is 5.98. The molecule has 0 bridgehead atoms. The summed E-state index contributed by atoms with van der Waals surface area (Å²) in [5.74, 6) is -2.41. The quantitative estimate of drug-likeness (QED) is 0.848. The lowest BCUT2D eigenvalue weighted by Gasteiger charge is -2.12. The molecule has 0 heterocycles. The van der Waals surface area contributed by atoms with E-state index in [1.807, 2.05) is 0 Å². The van der Waals surface area contributed by atoms with E-state index in [0.29, 0.717) is 0 Å². The SMILES string of the molecule is O=C(COc1c(Br)cccc1C(=O)O)NCC(F)(F)F. The van der Waals surface area contributed by atoms with Gasteiger partial charge in [-0.2, -0.15) is 13.2 Å². The molecule has 9 heteroatoms. The van der Waals surface area contributed by atoms with Crippen LogP contribution in [0.1, 0.15) is 10.4 Å². The summed E-state index contributed by atoms with van der Waals surface area (Å²) in [4.78, 5) is 22.1. The molecule has 1 aromatic rings. The van der Waals surface area contributed by atoms with Crippen LogP contribution in [0.5, 0.6) is 5.75 Å². The normalized spacial score (nSPS) is 11.0. The van der Waals surface area contributed by atoms with Crippen LogP contribution >= 0.6 is 15.9 Å². The molecule has 0 aliphatic carbocycles. The summed E-state index contributed by atoms with van der Waals surface area (Å²) >= 11 is 3.04. The number of ether oxygens (including phenoxy) is 1. The van der Waals surface area contributed by atoms with Crippen LogP contribution in [0.25, 0.3) is 0 Å². The average molecular weight is 356 g/mol. The molecule has 1 aromatic carbocycles. The van der Waals surface area contributed by atoms with E-state index in [0.717, 1.165) is 0 Å². The maximum Gasteiger partial charge on any atom is 0.405 e. The first-order chi connectivity index (χ1) is 9.20. The summed E-state index contributed by atoms with van der Waals surface area (Å²) < 4.78 is 40.8. The molecule has 5 nitrogen and oxygen atoms in total. The van der Waals surface area contributed by atoms with E-state index >= 15 is 0 Å². The molecule has 110 valence electrons. The molecule has 0 aromatic heterocycles. The van der Waals surface area contributed by atoms with Crippen LogP contribution in [-0.2, 0) is 4.79 Å². The number of alkyl halides is 3. The standard InChI is InChI=1S/C11H9BrF3NO4/c12-7-3-1-2-6(10(18)19)9(7)20-4-8(17)16-5-11(13,14)15/h1-3H,4-5H2,(H,16,17)(H,18,19). The van der Waals surface area contributed by atoms with Crippen molar-refractivity contribution in [3.05, 3.63) is 28.2 Å². The number of carbonyl (C=O) groups excluding carboxylic acids is 1. The van der Waals surface area contributed by atoms with Crippen LogP contribution < -0.4 is 10.1 Å². The minimum Gasteiger partial charge on any atom is -0.482 e. The van der Waals surface area contributed by atoms with Gasteiger partial charge in [-0.05, 0) is 28.1 Å². The van der Waals surface area contributed by atoms with E-state index in [4.69, 9.17) is 9.84 Å². The molecule has 1 amide bonds. The number of carboxylic acids is 1. The smallest absolute Gasteiger partial charge is 0.405 e. The van der Waals surface area contributed by atoms with Gasteiger partial charge in [-0.25, -0.2) is 4.79 Å². The lowest BCUT2D eigenvalue weighted by atomic mass is 10.2. The van der Waals surface area contributed by atoms with Gasteiger partial charge in [0.25, 0.3) is 5.91 Å². The van der Waals surface area contributed by atoms with Gasteiger partial charge in [0.05, 0.1) is 4.47 Å². The number of halogens is 4. The van der Waals surface area contributed by atoms with Gasteiger partial charge < -0.3 is 15.2 Å². The van der Waals surface area contributed by atoms with Crippen molar-refractivity contribution in [1.82, 2.24) is 5.32 Å². The van der Waals surface area contributed by atoms with E-state index in [1.165, 1.54) is 18.2 Å². The molecule has 0 saturated carbocycles. The Bertz CT molecular complexity index is 519. The minimum atomic E-state index is -4.52. The zero-order chi connectivity index (χ0) is 15.3. The Kier molecular flexibility index (Phi) is 5.37. The van der Waals surface area contributed by atoms with Crippen molar-refractivity contribution in [2.75, 3.05) is 13.2 Å². The molecule has 0 saturated heterocycles. The molecule has 0 spiro atoms. The zero-order valence-electron chi connectivity index (χ0n) is 9.83. The highest BCUT2D eigenvalue weighted by atomic mass is 79.9. The van der Waals surface area contributed by atoms with E-state index in [1.54, 1.807) is 5.32 Å². The molecule has 20 heavy (non-hydrogen) atoms. The third-order valence-electron chi connectivity index (χ3n) is 2.03. The summed E-state index contributed by atoms with van der Waals surface area (Å²) in [6.45, 7) is -2.20. The second-order valence-corrected chi connectivity index (χ2v) is 4.46. The number of hydrogen-bond donors (Lipinski definition) is 2. The summed E-state index contributed by atoms with van der Waals surface area (Å²) in [5, 5.41) is 10.5. The van der Waals surface area contributed by atoms with Crippen molar-refractivity contribution >= 4 is 27.8 Å². The molecule has 0 aliphatic heterocycles. The van der Waals surface area contributed by atoms with E-state index in [9.17, 15) is 22.8 Å². The lowest BCUT2D eigenvalue weighted by Crippen LogP contribution is -2.36. The van der Waals surface area contributed by atoms with Gasteiger partial charge in [-0.15, -0.1) is 0 Å². The van der Waals surface area contributed by atoms with Crippen LogP contribution in [0.2, 0.25) is 0 Å². The van der Waals surface area contributed by atoms with Crippen molar-refractivity contribution in [1.29, 1.82) is 0 Å². The average Bonchev–Trinajstić information content (AvgIpc) is 2.33. The number of nitrogens with one attached hydrogen (secondary N) is 1. The number of benzene rings is 1. The molecular weight excluding hydrogens is 347 g/mol. The molecular formula is C11H9BrF3NO4. The molecule has 0 aliphatic rings. The number of carbonyl (C=O) groups is 2. The van der Waals surface area contributed by atoms with Crippen molar-refractivity contribution in [2.24, 2.45) is 0 Å². The lowest BCUT2D eigenvalue weighted by molar-refractivity contribution is -0.139. The number of rotatable bonds is 5. The largest absolute Gasteiger partial charge is 0.482 e. The highest BCUT2D eigenvalue weighted by molar-refractivity contribution is 9.10. The van der Waals surface area contributed by atoms with Crippen LogP contribution in [0.4, 0.5) is 13.2 Å². The number of hydrogen-bond acceptors (Lipinski definition) is 3. The monoisotopic (exact) mass is 355 g/mol. The Morgan fingerprint density at radius 3 is 2.55 bits per heavy atom. The van der Waals surface area contributed by atoms with Crippen molar-refractivity contribution in [3.63, 3.8) is 0 Å². The highest BCUT2D eigenvalue weighted by Crippen LogP contribution is 2.29. The van der Waals surface area contributed by atoms with Crippen LogP contribution in [0.15, 0.2) is 22.7 Å². The Labute approximate surface area is 119 Å². The Morgan fingerprint density at radius 2 is 2.00 bits per heavy atom. The van der Waals surface area contributed by atoms with Gasteiger partial charge in [0, 0.05) is 0 Å². The number of aromatic carboxylic acids is 1. The molecule has 0 radical (unpaired) electrons. The maximum atomic E-state index is 11.9. The second-order valence-electron chi connectivity index (χ2n) is 3.60. The fourth-order valence-corrected chi connectivity index (χ4v) is 1.69. The molecule has 2 N–H and O–H groups in total. The topological polar surface area (TPSA) is 75.6 Å². The van der Waals surface area contributed by atoms with Gasteiger partial charge in [0.2, 0.25) is 0 Å². The number of carboxylic acid groups (broad SMARTS) is 1. The first kappa shape index (κ1) is 16.3. The maximum absolute atomic E-state index is 11.9. The predicted octanol–water partition coefficient (Wildman–Crippen LogP) is 2.20. The number of para-hydroxylation sites is 1. The fraction of sp³-hybridized carbons (Fsp3) is 0.273. The first-order valence-electron chi connectivity index (χ1n) is 5.19. The zero-order valence-corrected chi connectivity index (χ0v) is 11.4. The highest BCUT2D eigenvalue weighted by Gasteiger charge is 2.27.